The molecule has 0 spiro atoms. The van der Waals surface area contributed by atoms with Crippen molar-refractivity contribution >= 4 is 27.7 Å². The van der Waals surface area contributed by atoms with Crippen molar-refractivity contribution in [1.29, 1.82) is 0 Å². The average Bonchev–Trinajstić information content (AvgIpc) is 2.44. The van der Waals surface area contributed by atoms with Crippen LogP contribution in [0.4, 0.5) is 0 Å². The van der Waals surface area contributed by atoms with Crippen molar-refractivity contribution in [3.8, 4) is 0 Å². The maximum Gasteiger partial charge on any atom is 0.131 e. The van der Waals surface area contributed by atoms with Gasteiger partial charge in [0.2, 0.25) is 0 Å². The smallest absolute Gasteiger partial charge is 0.131 e. The molecule has 0 saturated heterocycles. The molecule has 0 N–H and O–H groups in total. The van der Waals surface area contributed by atoms with Crippen molar-refractivity contribution in [2.24, 2.45) is 5.92 Å². The maximum absolute atomic E-state index is 4.55. The van der Waals surface area contributed by atoms with Gasteiger partial charge in [0, 0.05) is 17.9 Å². The molecule has 4 heteroatoms. The Kier molecular flexibility index (Phi) is 3.22. The van der Waals surface area contributed by atoms with E-state index in [9.17, 15) is 0 Å². The van der Waals surface area contributed by atoms with Crippen molar-refractivity contribution in [2.45, 2.75) is 32.6 Å². The number of hydrogen-bond donors (Lipinski definition) is 0. The van der Waals surface area contributed by atoms with Crippen LogP contribution in [-0.2, 0) is 18.7 Å². The molecule has 0 atom stereocenters. The third kappa shape index (κ3) is 2.01. The molecule has 14 heavy (non-hydrogen) atoms. The Balaban J connectivity index is 2.31. The standard InChI is InChI=1S/C10H15BrN2S/c1-7(2)5-13-9-6-14-4-3-8(9)10(11)12-13/h7H,3-6H2,1-2H3. The van der Waals surface area contributed by atoms with Gasteiger partial charge in [-0.15, -0.1) is 0 Å². The normalized spacial score (nSPS) is 16.0. The zero-order chi connectivity index (χ0) is 10.1. The topological polar surface area (TPSA) is 17.8 Å². The Labute approximate surface area is 97.6 Å². The van der Waals surface area contributed by atoms with E-state index in [1.54, 1.807) is 0 Å². The minimum absolute atomic E-state index is 0.665. The molecule has 0 bridgehead atoms. The van der Waals surface area contributed by atoms with Crippen LogP contribution in [0, 0.1) is 5.92 Å². The number of rotatable bonds is 2. The van der Waals surface area contributed by atoms with Gasteiger partial charge < -0.3 is 0 Å². The second-order valence-electron chi connectivity index (χ2n) is 4.09. The quantitative estimate of drug-likeness (QED) is 0.825. The summed E-state index contributed by atoms with van der Waals surface area (Å²) in [6.07, 6.45) is 1.17. The van der Waals surface area contributed by atoms with Crippen LogP contribution in [0.2, 0.25) is 0 Å². The molecule has 2 heterocycles. The highest BCUT2D eigenvalue weighted by atomic mass is 79.9. The lowest BCUT2D eigenvalue weighted by atomic mass is 10.2. The van der Waals surface area contributed by atoms with Crippen molar-refractivity contribution in [3.05, 3.63) is 15.9 Å². The molecule has 0 unspecified atom stereocenters. The summed E-state index contributed by atoms with van der Waals surface area (Å²) >= 11 is 5.56. The summed E-state index contributed by atoms with van der Waals surface area (Å²) in [5.74, 6) is 3.03. The van der Waals surface area contributed by atoms with Gasteiger partial charge in [-0.25, -0.2) is 0 Å². The molecule has 1 aromatic rings. The Bertz CT molecular complexity index is 333. The average molecular weight is 275 g/mol. The van der Waals surface area contributed by atoms with Crippen LogP contribution in [0.3, 0.4) is 0 Å². The summed E-state index contributed by atoms with van der Waals surface area (Å²) in [5.41, 5.74) is 2.87. The van der Waals surface area contributed by atoms with Crippen LogP contribution in [0.1, 0.15) is 25.1 Å². The zero-order valence-electron chi connectivity index (χ0n) is 8.59. The Morgan fingerprint density at radius 1 is 1.57 bits per heavy atom. The van der Waals surface area contributed by atoms with Crippen molar-refractivity contribution < 1.29 is 0 Å². The van der Waals surface area contributed by atoms with Crippen molar-refractivity contribution in [3.63, 3.8) is 0 Å². The minimum Gasteiger partial charge on any atom is -0.267 e. The van der Waals surface area contributed by atoms with Gasteiger partial charge in [-0.2, -0.15) is 16.9 Å². The van der Waals surface area contributed by atoms with E-state index < -0.39 is 0 Å². The Morgan fingerprint density at radius 3 is 3.07 bits per heavy atom. The van der Waals surface area contributed by atoms with Crippen molar-refractivity contribution in [2.75, 3.05) is 5.75 Å². The number of halogens is 1. The molecule has 78 valence electrons. The highest BCUT2D eigenvalue weighted by Crippen LogP contribution is 2.30. The molecule has 0 saturated carbocycles. The largest absolute Gasteiger partial charge is 0.267 e. The van der Waals surface area contributed by atoms with Gasteiger partial charge in [-0.1, -0.05) is 13.8 Å². The number of hydrogen-bond acceptors (Lipinski definition) is 2. The van der Waals surface area contributed by atoms with E-state index in [0.717, 1.165) is 16.9 Å². The summed E-state index contributed by atoms with van der Waals surface area (Å²) < 4.78 is 3.24. The number of fused-ring (bicyclic) bond motifs is 1. The molecule has 0 aromatic carbocycles. The molecule has 2 rings (SSSR count). The number of aromatic nitrogens is 2. The molecule has 1 aliphatic rings. The Morgan fingerprint density at radius 2 is 2.36 bits per heavy atom. The van der Waals surface area contributed by atoms with Gasteiger partial charge >= 0.3 is 0 Å². The SMILES string of the molecule is CC(C)Cn1nc(Br)c2c1CSCC2. The lowest BCUT2D eigenvalue weighted by molar-refractivity contribution is 0.471. The molecular weight excluding hydrogens is 260 g/mol. The summed E-state index contributed by atoms with van der Waals surface area (Å²) in [5, 5.41) is 4.55. The monoisotopic (exact) mass is 274 g/mol. The van der Waals surface area contributed by atoms with Crippen LogP contribution in [0.15, 0.2) is 4.60 Å². The zero-order valence-corrected chi connectivity index (χ0v) is 11.0. The summed E-state index contributed by atoms with van der Waals surface area (Å²) in [7, 11) is 0. The molecule has 0 aliphatic carbocycles. The van der Waals surface area contributed by atoms with Crippen LogP contribution < -0.4 is 0 Å². The summed E-state index contributed by atoms with van der Waals surface area (Å²) in [4.78, 5) is 0. The second-order valence-corrected chi connectivity index (χ2v) is 5.95. The Hall–Kier alpha value is 0.0400. The van der Waals surface area contributed by atoms with E-state index in [4.69, 9.17) is 0 Å². The van der Waals surface area contributed by atoms with Gasteiger partial charge in [0.05, 0.1) is 5.69 Å². The first-order chi connectivity index (χ1) is 6.68. The third-order valence-electron chi connectivity index (χ3n) is 2.39. The first-order valence-corrected chi connectivity index (χ1v) is 6.95. The fourth-order valence-corrected chi connectivity index (χ4v) is 3.38. The first kappa shape index (κ1) is 10.6. The van der Waals surface area contributed by atoms with E-state index >= 15 is 0 Å². The molecular formula is C10H15BrN2S. The second kappa shape index (κ2) is 4.27. The predicted molar refractivity (Wildman–Crippen MR) is 64.6 cm³/mol. The molecule has 1 aromatic heterocycles. The fraction of sp³-hybridized carbons (Fsp3) is 0.700. The van der Waals surface area contributed by atoms with Gasteiger partial charge in [-0.05, 0) is 34.0 Å². The van der Waals surface area contributed by atoms with E-state index in [2.05, 4.69) is 39.6 Å². The lowest BCUT2D eigenvalue weighted by Gasteiger charge is -2.14. The van der Waals surface area contributed by atoms with Gasteiger partial charge in [0.25, 0.3) is 0 Å². The molecule has 0 radical (unpaired) electrons. The van der Waals surface area contributed by atoms with Gasteiger partial charge in [-0.3, -0.25) is 4.68 Å². The van der Waals surface area contributed by atoms with Crippen LogP contribution in [0.5, 0.6) is 0 Å². The minimum atomic E-state index is 0.665. The highest BCUT2D eigenvalue weighted by molar-refractivity contribution is 9.10. The molecule has 2 nitrogen and oxygen atoms in total. The van der Waals surface area contributed by atoms with E-state index in [1.807, 2.05) is 11.8 Å². The lowest BCUT2D eigenvalue weighted by Crippen LogP contribution is -2.12. The summed E-state index contributed by atoms with van der Waals surface area (Å²) in [6, 6.07) is 0. The van der Waals surface area contributed by atoms with E-state index in [0.29, 0.717) is 5.92 Å². The van der Waals surface area contributed by atoms with Gasteiger partial charge in [0.15, 0.2) is 0 Å². The van der Waals surface area contributed by atoms with Crippen LogP contribution in [0.25, 0.3) is 0 Å². The van der Waals surface area contributed by atoms with Crippen LogP contribution in [-0.4, -0.2) is 15.5 Å². The third-order valence-corrected chi connectivity index (χ3v) is 4.00. The van der Waals surface area contributed by atoms with Gasteiger partial charge in [0.1, 0.15) is 4.60 Å². The molecule has 0 amide bonds. The van der Waals surface area contributed by atoms with Crippen LogP contribution >= 0.6 is 27.7 Å². The summed E-state index contributed by atoms with van der Waals surface area (Å²) in [6.45, 7) is 5.50. The number of nitrogens with zero attached hydrogens (tertiary/aromatic N) is 2. The predicted octanol–water partition coefficient (Wildman–Crippen LogP) is 3.09. The van der Waals surface area contributed by atoms with E-state index in [1.165, 1.54) is 23.4 Å². The molecule has 0 fully saturated rings. The highest BCUT2D eigenvalue weighted by Gasteiger charge is 2.19. The van der Waals surface area contributed by atoms with E-state index in [-0.39, 0.29) is 0 Å². The fourth-order valence-electron chi connectivity index (χ4n) is 1.75. The number of thioether (sulfide) groups is 1. The maximum atomic E-state index is 4.55. The first-order valence-electron chi connectivity index (χ1n) is 5.00. The van der Waals surface area contributed by atoms with Crippen molar-refractivity contribution in [1.82, 2.24) is 9.78 Å². The molecule has 1 aliphatic heterocycles.